The summed E-state index contributed by atoms with van der Waals surface area (Å²) >= 11 is 0. The minimum Gasteiger partial charge on any atom is -0.458 e. The van der Waals surface area contributed by atoms with Crippen molar-refractivity contribution in [2.45, 2.75) is 64.3 Å². The molecule has 1 unspecified atom stereocenters. The number of aliphatic hydroxyl groups is 2. The van der Waals surface area contributed by atoms with Gasteiger partial charge in [0.2, 0.25) is 0 Å². The summed E-state index contributed by atoms with van der Waals surface area (Å²) in [5.74, 6) is -3.26. The Labute approximate surface area is 154 Å². The number of nitrogens with one attached hydrogen (secondary N) is 1. The second-order valence-electron chi connectivity index (χ2n) is 8.67. The molecule has 3 heterocycles. The Bertz CT molecular complexity index is 788. The second kappa shape index (κ2) is 4.79. The lowest BCUT2D eigenvalue weighted by Crippen LogP contribution is -2.68. The molecule has 10 nitrogen and oxygen atoms in total. The van der Waals surface area contributed by atoms with E-state index in [0.29, 0.717) is 0 Å². The van der Waals surface area contributed by atoms with E-state index < -0.39 is 76.6 Å². The van der Waals surface area contributed by atoms with Crippen LogP contribution in [-0.2, 0) is 33.4 Å². The van der Waals surface area contributed by atoms with Gasteiger partial charge >= 0.3 is 17.9 Å². The van der Waals surface area contributed by atoms with Gasteiger partial charge in [-0.1, -0.05) is 20.8 Å². The highest BCUT2D eigenvalue weighted by Crippen LogP contribution is 2.74. The highest BCUT2D eigenvalue weighted by Gasteiger charge is 2.95. The maximum atomic E-state index is 12.9. The van der Waals surface area contributed by atoms with E-state index in [1.54, 1.807) is 20.8 Å². The number of esters is 3. The molecule has 4 aliphatic rings. The number of amides is 1. The first-order valence-corrected chi connectivity index (χ1v) is 8.64. The zero-order chi connectivity index (χ0) is 20.2. The Kier molecular flexibility index (Phi) is 3.23. The van der Waals surface area contributed by atoms with Crippen LogP contribution in [0.15, 0.2) is 0 Å². The molecule has 3 aliphatic heterocycles. The third-order valence-corrected chi connectivity index (χ3v) is 6.61. The number of carbonyl (C=O) groups is 4. The average molecular weight is 383 g/mol. The molecule has 10 heteroatoms. The maximum absolute atomic E-state index is 12.9. The van der Waals surface area contributed by atoms with Gasteiger partial charge in [0.1, 0.15) is 28.6 Å². The molecule has 7 atom stereocenters. The fourth-order valence-corrected chi connectivity index (χ4v) is 5.73. The van der Waals surface area contributed by atoms with Crippen LogP contribution in [-0.4, -0.2) is 64.2 Å². The van der Waals surface area contributed by atoms with Gasteiger partial charge in [-0.15, -0.1) is 0 Å². The molecule has 148 valence electrons. The summed E-state index contributed by atoms with van der Waals surface area (Å²) in [5.41, 5.74) is -7.08. The normalized spacial score (nSPS) is 47.7. The molecule has 27 heavy (non-hydrogen) atoms. The van der Waals surface area contributed by atoms with Crippen LogP contribution in [0.4, 0.5) is 0 Å². The van der Waals surface area contributed by atoms with Crippen LogP contribution in [0, 0.1) is 16.2 Å². The van der Waals surface area contributed by atoms with Crippen molar-refractivity contribution >= 4 is 23.8 Å². The number of hydrogen-bond acceptors (Lipinski definition) is 9. The van der Waals surface area contributed by atoms with E-state index in [2.05, 4.69) is 5.32 Å². The lowest BCUT2D eigenvalue weighted by molar-refractivity contribution is -0.241. The van der Waals surface area contributed by atoms with Gasteiger partial charge in [0.15, 0.2) is 12.3 Å². The highest BCUT2D eigenvalue weighted by atomic mass is 16.6. The molecule has 0 radical (unpaired) electrons. The van der Waals surface area contributed by atoms with Crippen LogP contribution >= 0.6 is 0 Å². The van der Waals surface area contributed by atoms with Crippen molar-refractivity contribution in [3.05, 3.63) is 0 Å². The number of rotatable bonds is 1. The molecule has 3 saturated heterocycles. The first-order chi connectivity index (χ1) is 12.4. The number of aliphatic hydroxyl groups excluding tert-OH is 1. The van der Waals surface area contributed by atoms with Crippen molar-refractivity contribution in [1.29, 1.82) is 0 Å². The fourth-order valence-electron chi connectivity index (χ4n) is 5.73. The summed E-state index contributed by atoms with van der Waals surface area (Å²) in [5, 5.41) is 25.4. The van der Waals surface area contributed by atoms with Gasteiger partial charge in [0.25, 0.3) is 5.91 Å². The summed E-state index contributed by atoms with van der Waals surface area (Å²) in [7, 11) is 0. The molecule has 0 bridgehead atoms. The topological polar surface area (TPSA) is 148 Å². The van der Waals surface area contributed by atoms with E-state index in [1.165, 1.54) is 0 Å². The van der Waals surface area contributed by atoms with Gasteiger partial charge in [0, 0.05) is 6.92 Å². The minimum absolute atomic E-state index is 0.505. The van der Waals surface area contributed by atoms with Crippen LogP contribution in [0.1, 0.15) is 34.1 Å². The third kappa shape index (κ3) is 1.61. The predicted molar refractivity (Wildman–Crippen MR) is 83.4 cm³/mol. The van der Waals surface area contributed by atoms with Crippen LogP contribution in [0.5, 0.6) is 0 Å². The van der Waals surface area contributed by atoms with Gasteiger partial charge in [0.05, 0.1) is 6.42 Å². The quantitative estimate of drug-likeness (QED) is 0.358. The fraction of sp³-hybridized carbons (Fsp3) is 0.765. The van der Waals surface area contributed by atoms with Crippen molar-refractivity contribution in [1.82, 2.24) is 5.32 Å². The molecular formula is C17H21NO9. The van der Waals surface area contributed by atoms with Crippen LogP contribution < -0.4 is 5.32 Å². The lowest BCUT2D eigenvalue weighted by Gasteiger charge is -2.52. The lowest BCUT2D eigenvalue weighted by atomic mass is 9.52. The zero-order valence-electron chi connectivity index (χ0n) is 15.3. The third-order valence-electron chi connectivity index (χ3n) is 6.61. The number of ether oxygens (including phenoxy) is 3. The van der Waals surface area contributed by atoms with E-state index in [1.807, 2.05) is 0 Å². The van der Waals surface area contributed by atoms with Crippen molar-refractivity contribution in [2.24, 2.45) is 16.2 Å². The van der Waals surface area contributed by atoms with Crippen LogP contribution in [0.3, 0.4) is 0 Å². The Morgan fingerprint density at radius 1 is 1.26 bits per heavy atom. The number of carbonyl (C=O) groups excluding carboxylic acids is 4. The van der Waals surface area contributed by atoms with E-state index in [4.69, 9.17) is 14.2 Å². The maximum Gasteiger partial charge on any atom is 0.319 e. The smallest absolute Gasteiger partial charge is 0.319 e. The highest BCUT2D eigenvalue weighted by molar-refractivity contribution is 5.98. The van der Waals surface area contributed by atoms with Crippen molar-refractivity contribution in [2.75, 3.05) is 0 Å². The Balaban J connectivity index is 2.08. The Morgan fingerprint density at radius 3 is 2.44 bits per heavy atom. The molecular weight excluding hydrogens is 362 g/mol. The molecule has 0 aromatic rings. The van der Waals surface area contributed by atoms with Crippen LogP contribution in [0.2, 0.25) is 0 Å². The molecule has 2 spiro atoms. The van der Waals surface area contributed by atoms with Gasteiger partial charge in [-0.2, -0.15) is 0 Å². The standard InChI is InChI=1S/C17H21NO9/c1-6(19)25-10-11(22)18-12-16(10)15(13(23)27-12)5-7(20)26-9(15)8(21)17(16,24)14(2,3)4/h8-10,12,21,24H,5H2,1-4H3,(H,18,22)/t8-,9-,10-,12-,15-,16?,17+/m0/s1. The van der Waals surface area contributed by atoms with Gasteiger partial charge < -0.3 is 29.7 Å². The number of hydrogen-bond donors (Lipinski definition) is 3. The van der Waals surface area contributed by atoms with Crippen molar-refractivity contribution in [3.63, 3.8) is 0 Å². The summed E-state index contributed by atoms with van der Waals surface area (Å²) in [6.45, 7) is 5.90. The average Bonchev–Trinajstić information content (AvgIpc) is 3.13. The molecule has 1 amide bonds. The zero-order valence-corrected chi connectivity index (χ0v) is 15.3. The first-order valence-electron chi connectivity index (χ1n) is 8.64. The SMILES string of the molecule is CC(=O)O[C@H]1C(=O)N[C@H]2OC(=O)[C@]34CC(=O)O[C@H]3[C@H](O)[C@@](O)(C(C)(C)C)C214. The Morgan fingerprint density at radius 2 is 1.89 bits per heavy atom. The molecule has 4 rings (SSSR count). The molecule has 4 fully saturated rings. The monoisotopic (exact) mass is 383 g/mol. The van der Waals surface area contributed by atoms with Gasteiger partial charge in [-0.05, 0) is 5.41 Å². The summed E-state index contributed by atoms with van der Waals surface area (Å²) in [4.78, 5) is 49.4. The summed E-state index contributed by atoms with van der Waals surface area (Å²) < 4.78 is 15.8. The summed E-state index contributed by atoms with van der Waals surface area (Å²) in [6, 6.07) is 0. The second-order valence-corrected chi connectivity index (χ2v) is 8.67. The molecule has 1 aliphatic carbocycles. The van der Waals surface area contributed by atoms with E-state index in [9.17, 15) is 29.4 Å². The van der Waals surface area contributed by atoms with Gasteiger partial charge in [-0.3, -0.25) is 19.2 Å². The van der Waals surface area contributed by atoms with Crippen molar-refractivity contribution in [3.8, 4) is 0 Å². The predicted octanol–water partition coefficient (Wildman–Crippen LogP) is -1.63. The first kappa shape index (κ1) is 18.2. The Hall–Kier alpha value is -2.20. The van der Waals surface area contributed by atoms with Crippen molar-refractivity contribution < 1.29 is 43.6 Å². The van der Waals surface area contributed by atoms with E-state index >= 15 is 0 Å². The van der Waals surface area contributed by atoms with Crippen LogP contribution in [0.25, 0.3) is 0 Å². The molecule has 3 N–H and O–H groups in total. The molecule has 0 aromatic heterocycles. The molecule has 0 aromatic carbocycles. The van der Waals surface area contributed by atoms with Gasteiger partial charge in [-0.25, -0.2) is 0 Å². The van der Waals surface area contributed by atoms with E-state index in [-0.39, 0.29) is 0 Å². The minimum atomic E-state index is -2.17. The van der Waals surface area contributed by atoms with E-state index in [0.717, 1.165) is 6.92 Å². The largest absolute Gasteiger partial charge is 0.458 e. The molecule has 1 saturated carbocycles. The summed E-state index contributed by atoms with van der Waals surface area (Å²) in [6.07, 6.45) is -6.68.